The molecule has 12 heteroatoms. The molecule has 0 spiro atoms. The zero-order valence-corrected chi connectivity index (χ0v) is 18.2. The van der Waals surface area contributed by atoms with Crippen LogP contribution in [0.1, 0.15) is 44.7 Å². The van der Waals surface area contributed by atoms with Gasteiger partial charge in [-0.05, 0) is 29.8 Å². The average Bonchev–Trinajstić information content (AvgIpc) is 3.29. The number of phenols is 1. The Hall–Kier alpha value is -3.51. The highest BCUT2D eigenvalue weighted by molar-refractivity contribution is 6.02. The van der Waals surface area contributed by atoms with Gasteiger partial charge in [0.05, 0.1) is 23.3 Å². The largest absolute Gasteiger partial charge is 0.504 e. The van der Waals surface area contributed by atoms with E-state index in [4.69, 9.17) is 9.47 Å². The van der Waals surface area contributed by atoms with Crippen molar-refractivity contribution in [2.24, 2.45) is 5.92 Å². The fourth-order valence-electron chi connectivity index (χ4n) is 5.12. The summed E-state index contributed by atoms with van der Waals surface area (Å²) in [6, 6.07) is 3.25. The molecule has 35 heavy (non-hydrogen) atoms. The summed E-state index contributed by atoms with van der Waals surface area (Å²) in [4.78, 5) is 25.8. The summed E-state index contributed by atoms with van der Waals surface area (Å²) in [6.07, 6.45) is -7.56. The molecular formula is C23H21F3N2O7. The van der Waals surface area contributed by atoms with Crippen molar-refractivity contribution in [3.8, 4) is 17.2 Å². The van der Waals surface area contributed by atoms with Crippen molar-refractivity contribution in [1.82, 2.24) is 10.6 Å². The molecule has 2 amide bonds. The lowest BCUT2D eigenvalue weighted by Gasteiger charge is -2.50. The van der Waals surface area contributed by atoms with Gasteiger partial charge in [0.15, 0.2) is 11.5 Å². The minimum Gasteiger partial charge on any atom is -0.504 e. The van der Waals surface area contributed by atoms with Gasteiger partial charge in [-0.25, -0.2) is 0 Å². The minimum atomic E-state index is -4.66. The smallest absolute Gasteiger partial charge is 0.416 e. The molecule has 9 nitrogen and oxygen atoms in total. The highest BCUT2D eigenvalue weighted by Crippen LogP contribution is 2.50. The van der Waals surface area contributed by atoms with Crippen molar-refractivity contribution in [2.75, 3.05) is 6.79 Å². The van der Waals surface area contributed by atoms with Crippen molar-refractivity contribution in [2.45, 2.75) is 43.3 Å². The number of rotatable bonds is 2. The van der Waals surface area contributed by atoms with Crippen LogP contribution in [0.2, 0.25) is 0 Å². The first-order valence-corrected chi connectivity index (χ1v) is 10.8. The molecule has 2 aromatic carbocycles. The number of aliphatic hydroxyl groups excluding tert-OH is 2. The fraction of sp³-hybridized carbons (Fsp3) is 0.391. The number of hydrogen-bond donors (Lipinski definition) is 5. The highest BCUT2D eigenvalue weighted by Gasteiger charge is 2.53. The van der Waals surface area contributed by atoms with Crippen LogP contribution < -0.4 is 20.1 Å². The lowest BCUT2D eigenvalue weighted by molar-refractivity contribution is -0.137. The minimum absolute atomic E-state index is 0.0219. The normalized spacial score (nSPS) is 29.1. The molecule has 2 aromatic rings. The Bertz CT molecular complexity index is 1220. The first-order chi connectivity index (χ1) is 16.5. The van der Waals surface area contributed by atoms with Crippen LogP contribution in [0.15, 0.2) is 30.3 Å². The van der Waals surface area contributed by atoms with Crippen LogP contribution in [0.4, 0.5) is 13.2 Å². The molecule has 2 aliphatic heterocycles. The maximum atomic E-state index is 13.1. The third kappa shape index (κ3) is 3.64. The molecule has 3 aliphatic rings. The Morgan fingerprint density at radius 2 is 1.91 bits per heavy atom. The van der Waals surface area contributed by atoms with Crippen LogP contribution in [0.3, 0.4) is 0 Å². The maximum Gasteiger partial charge on any atom is 0.416 e. The molecule has 2 heterocycles. The number of carbonyl (C=O) groups is 2. The lowest BCUT2D eigenvalue weighted by atomic mass is 9.66. The molecule has 0 radical (unpaired) electrons. The van der Waals surface area contributed by atoms with E-state index in [0.717, 1.165) is 12.1 Å². The van der Waals surface area contributed by atoms with Gasteiger partial charge >= 0.3 is 6.18 Å². The van der Waals surface area contributed by atoms with E-state index in [1.54, 1.807) is 6.92 Å². The third-order valence-electron chi connectivity index (χ3n) is 6.90. The number of benzene rings is 2. The van der Waals surface area contributed by atoms with Gasteiger partial charge in [0.2, 0.25) is 12.5 Å². The average molecular weight is 494 g/mol. The number of phenolic OH excluding ortho intramolecular Hbond substituents is 1. The molecule has 1 aliphatic carbocycles. The van der Waals surface area contributed by atoms with Gasteiger partial charge in [0, 0.05) is 23.4 Å². The Balaban J connectivity index is 1.57. The van der Waals surface area contributed by atoms with Crippen LogP contribution in [0.5, 0.6) is 17.2 Å². The summed E-state index contributed by atoms with van der Waals surface area (Å²) in [5.74, 6) is -3.41. The number of amides is 2. The van der Waals surface area contributed by atoms with E-state index in [0.29, 0.717) is 6.07 Å². The zero-order valence-electron chi connectivity index (χ0n) is 18.2. The molecule has 0 bridgehead atoms. The number of carbonyl (C=O) groups excluding carboxylic acids is 2. The molecular weight excluding hydrogens is 473 g/mol. The third-order valence-corrected chi connectivity index (χ3v) is 6.90. The van der Waals surface area contributed by atoms with Gasteiger partial charge in [-0.1, -0.05) is 13.0 Å². The standard InChI is InChI=1S/C23H21F3N2O7/c1-8-15-13(11-6-12-20(35-7-34-12)18(30)14(11)22(33)27-15)16(19(31)17(8)29)28-21(32)9-3-2-4-10(5-9)23(24,25)26/h2-6,8,13,15-17,19,29-31H,7H2,1H3,(H,27,33)(H,28,32)/t8-,13+,15-,16+,17-,19-/m0/s1. The Morgan fingerprint density at radius 1 is 1.17 bits per heavy atom. The monoisotopic (exact) mass is 494 g/mol. The number of ether oxygens (including phenoxy) is 2. The first-order valence-electron chi connectivity index (χ1n) is 10.8. The summed E-state index contributed by atoms with van der Waals surface area (Å²) in [5.41, 5.74) is -1.21. The Kier molecular flexibility index (Phi) is 5.33. The van der Waals surface area contributed by atoms with E-state index >= 15 is 0 Å². The topological polar surface area (TPSA) is 137 Å². The molecule has 1 saturated carbocycles. The van der Waals surface area contributed by atoms with Crippen LogP contribution in [-0.2, 0) is 6.18 Å². The van der Waals surface area contributed by atoms with Gasteiger partial charge < -0.3 is 35.4 Å². The number of aromatic hydroxyl groups is 1. The van der Waals surface area contributed by atoms with E-state index in [9.17, 15) is 38.1 Å². The Morgan fingerprint density at radius 3 is 2.63 bits per heavy atom. The first kappa shape index (κ1) is 23.2. The summed E-state index contributed by atoms with van der Waals surface area (Å²) in [6.45, 7) is 1.42. The van der Waals surface area contributed by atoms with Crippen LogP contribution in [-0.4, -0.2) is 58.2 Å². The second-order valence-electron chi connectivity index (χ2n) is 8.87. The van der Waals surface area contributed by atoms with Gasteiger partial charge in [0.25, 0.3) is 11.8 Å². The van der Waals surface area contributed by atoms with Gasteiger partial charge in [0.1, 0.15) is 6.10 Å². The van der Waals surface area contributed by atoms with Gasteiger partial charge in [-0.2, -0.15) is 13.2 Å². The highest BCUT2D eigenvalue weighted by atomic mass is 19.4. The maximum absolute atomic E-state index is 13.1. The van der Waals surface area contributed by atoms with E-state index < -0.39 is 65.4 Å². The molecule has 0 unspecified atom stereocenters. The predicted molar refractivity (Wildman–Crippen MR) is 112 cm³/mol. The second-order valence-corrected chi connectivity index (χ2v) is 8.87. The number of nitrogens with one attached hydrogen (secondary N) is 2. The number of alkyl halides is 3. The van der Waals surface area contributed by atoms with Crippen LogP contribution in [0, 0.1) is 5.92 Å². The molecule has 6 atom stereocenters. The molecule has 186 valence electrons. The molecule has 0 saturated heterocycles. The molecule has 0 aromatic heterocycles. The summed E-state index contributed by atoms with van der Waals surface area (Å²) >= 11 is 0. The molecule has 5 N–H and O–H groups in total. The summed E-state index contributed by atoms with van der Waals surface area (Å²) in [7, 11) is 0. The van der Waals surface area contributed by atoms with Crippen molar-refractivity contribution >= 4 is 11.8 Å². The van der Waals surface area contributed by atoms with E-state index in [2.05, 4.69) is 10.6 Å². The number of halogens is 3. The van der Waals surface area contributed by atoms with Crippen molar-refractivity contribution in [3.63, 3.8) is 0 Å². The Labute approximate surface area is 196 Å². The zero-order chi connectivity index (χ0) is 25.2. The van der Waals surface area contributed by atoms with Crippen LogP contribution in [0.25, 0.3) is 0 Å². The fourth-order valence-corrected chi connectivity index (χ4v) is 5.12. The number of fused-ring (bicyclic) bond motifs is 4. The van der Waals surface area contributed by atoms with Gasteiger partial charge in [-0.15, -0.1) is 0 Å². The second kappa shape index (κ2) is 8.02. The molecule has 5 rings (SSSR count). The van der Waals surface area contributed by atoms with Crippen LogP contribution >= 0.6 is 0 Å². The van der Waals surface area contributed by atoms with E-state index in [1.807, 2.05) is 0 Å². The van der Waals surface area contributed by atoms with E-state index in [1.165, 1.54) is 12.1 Å². The quantitative estimate of drug-likeness (QED) is 0.427. The van der Waals surface area contributed by atoms with Crippen molar-refractivity contribution in [1.29, 1.82) is 0 Å². The summed E-state index contributed by atoms with van der Waals surface area (Å²) in [5, 5.41) is 37.5. The number of hydrogen-bond acceptors (Lipinski definition) is 7. The summed E-state index contributed by atoms with van der Waals surface area (Å²) < 4.78 is 49.9. The van der Waals surface area contributed by atoms with Crippen molar-refractivity contribution < 1.29 is 47.6 Å². The SMILES string of the molecule is C[C@@H]1[C@H](O)[C@@H](O)[C@H](NC(=O)c2cccc(C(F)(F)F)c2)[C@@H]2c3cc4c(c(O)c3C(=O)N[C@@H]12)OCO4. The lowest BCUT2D eigenvalue weighted by Crippen LogP contribution is -2.67. The number of aliphatic hydroxyl groups is 2. The van der Waals surface area contributed by atoms with Gasteiger partial charge in [-0.3, -0.25) is 9.59 Å². The molecule has 1 fully saturated rings. The predicted octanol–water partition coefficient (Wildman–Crippen LogP) is 1.51. The van der Waals surface area contributed by atoms with E-state index in [-0.39, 0.29) is 35.0 Å². The van der Waals surface area contributed by atoms with Crippen molar-refractivity contribution in [3.05, 3.63) is 52.6 Å².